The zero-order valence-electron chi connectivity index (χ0n) is 11.3. The lowest BCUT2D eigenvalue weighted by atomic mass is 10.4. The van der Waals surface area contributed by atoms with Crippen molar-refractivity contribution in [2.45, 2.75) is 23.1 Å². The summed E-state index contributed by atoms with van der Waals surface area (Å²) >= 11 is 0. The standard InChI is InChI=1S/C10H18O10S2/c11-1-5(13)3-19-7(15)9(17)21-22-10(18)8(16)20-4-6(14)2-12/h5-6,9-14,17-18H,1-4H2. The van der Waals surface area contributed by atoms with E-state index >= 15 is 0 Å². The van der Waals surface area contributed by atoms with Crippen molar-refractivity contribution in [3.8, 4) is 0 Å². The van der Waals surface area contributed by atoms with Crippen LogP contribution in [0.2, 0.25) is 0 Å². The minimum atomic E-state index is -1.73. The van der Waals surface area contributed by atoms with Crippen molar-refractivity contribution < 1.29 is 49.7 Å². The number of aliphatic hydroxyl groups excluding tert-OH is 6. The molecule has 0 heterocycles. The second-order valence-corrected chi connectivity index (χ2v) is 6.26. The lowest BCUT2D eigenvalue weighted by Gasteiger charge is -2.14. The Balaban J connectivity index is 3.99. The number of esters is 2. The van der Waals surface area contributed by atoms with Gasteiger partial charge in [0.15, 0.2) is 0 Å². The minimum Gasteiger partial charge on any atom is -0.460 e. The molecular formula is C10H18O10S2. The Hall–Kier alpha value is -0.600. The highest BCUT2D eigenvalue weighted by Crippen LogP contribution is 2.30. The molecule has 0 aliphatic carbocycles. The zero-order chi connectivity index (χ0) is 17.1. The molecule has 0 aromatic carbocycles. The van der Waals surface area contributed by atoms with Crippen LogP contribution in [-0.2, 0) is 19.1 Å². The van der Waals surface area contributed by atoms with Gasteiger partial charge < -0.3 is 40.1 Å². The highest BCUT2D eigenvalue weighted by Gasteiger charge is 2.25. The summed E-state index contributed by atoms with van der Waals surface area (Å²) in [5.41, 5.74) is -3.47. The molecule has 0 spiro atoms. The van der Waals surface area contributed by atoms with E-state index in [1.807, 2.05) is 0 Å². The molecule has 0 aliphatic rings. The van der Waals surface area contributed by atoms with Crippen molar-refractivity contribution in [3.63, 3.8) is 0 Å². The third kappa shape index (κ3) is 9.42. The fraction of sp³-hybridized carbons (Fsp3) is 0.800. The van der Waals surface area contributed by atoms with Gasteiger partial charge in [0, 0.05) is 0 Å². The van der Waals surface area contributed by atoms with Crippen LogP contribution < -0.4 is 0 Å². The van der Waals surface area contributed by atoms with E-state index in [9.17, 15) is 19.8 Å². The van der Waals surface area contributed by atoms with Crippen LogP contribution in [0.4, 0.5) is 0 Å². The van der Waals surface area contributed by atoms with E-state index in [0.717, 1.165) is 0 Å². The Morgan fingerprint density at radius 1 is 0.773 bits per heavy atom. The molecule has 4 atom stereocenters. The molecule has 12 heteroatoms. The second kappa shape index (κ2) is 11.9. The molecule has 0 aromatic rings. The molecule has 0 saturated heterocycles. The first-order chi connectivity index (χ1) is 10.3. The van der Waals surface area contributed by atoms with Gasteiger partial charge in [-0.05, 0) is 21.6 Å². The number of carbonyl (C=O) groups excluding carboxylic acids is 2. The van der Waals surface area contributed by atoms with E-state index in [-0.39, 0.29) is 0 Å². The molecule has 0 radical (unpaired) electrons. The summed E-state index contributed by atoms with van der Waals surface area (Å²) < 4.78 is 8.90. The van der Waals surface area contributed by atoms with Gasteiger partial charge in [0.25, 0.3) is 0 Å². The highest BCUT2D eigenvalue weighted by molar-refractivity contribution is 8.77. The predicted octanol–water partition coefficient (Wildman–Crippen LogP) is -3.20. The monoisotopic (exact) mass is 362 g/mol. The number of hydrogen-bond donors (Lipinski definition) is 6. The third-order valence-corrected chi connectivity index (χ3v) is 4.19. The Morgan fingerprint density at radius 3 is 1.36 bits per heavy atom. The van der Waals surface area contributed by atoms with Crippen LogP contribution in [0.5, 0.6) is 0 Å². The van der Waals surface area contributed by atoms with Crippen LogP contribution in [0.25, 0.3) is 0 Å². The van der Waals surface area contributed by atoms with E-state index in [1.165, 1.54) is 0 Å². The van der Waals surface area contributed by atoms with Gasteiger partial charge in [0.05, 0.1) is 13.2 Å². The van der Waals surface area contributed by atoms with Crippen LogP contribution in [0.15, 0.2) is 0 Å². The summed E-state index contributed by atoms with van der Waals surface area (Å²) in [6, 6.07) is 0. The molecule has 0 bridgehead atoms. The summed E-state index contributed by atoms with van der Waals surface area (Å²) in [5.74, 6) is -2.25. The van der Waals surface area contributed by atoms with E-state index in [2.05, 4.69) is 9.47 Å². The smallest absolute Gasteiger partial charge is 0.346 e. The highest BCUT2D eigenvalue weighted by atomic mass is 33.1. The zero-order valence-corrected chi connectivity index (χ0v) is 12.9. The molecular weight excluding hydrogens is 344 g/mol. The van der Waals surface area contributed by atoms with Gasteiger partial charge in [-0.15, -0.1) is 0 Å². The molecule has 0 fully saturated rings. The first kappa shape index (κ1) is 21.4. The van der Waals surface area contributed by atoms with Gasteiger partial charge in [-0.3, -0.25) is 0 Å². The van der Waals surface area contributed by atoms with Gasteiger partial charge in [-0.2, -0.15) is 0 Å². The van der Waals surface area contributed by atoms with Crippen LogP contribution in [-0.4, -0.2) is 92.1 Å². The predicted molar refractivity (Wildman–Crippen MR) is 75.3 cm³/mol. The van der Waals surface area contributed by atoms with Gasteiger partial charge in [-0.1, -0.05) is 0 Å². The molecule has 0 amide bonds. The average molecular weight is 362 g/mol. The second-order valence-electron chi connectivity index (χ2n) is 3.83. The Morgan fingerprint density at radius 2 is 1.09 bits per heavy atom. The molecule has 0 saturated carbocycles. The van der Waals surface area contributed by atoms with Crippen molar-refractivity contribution in [3.05, 3.63) is 0 Å². The summed E-state index contributed by atoms with van der Waals surface area (Å²) in [7, 11) is 0.822. The number of carbonyl (C=O) groups is 2. The van der Waals surface area contributed by atoms with E-state index < -0.39 is 61.4 Å². The van der Waals surface area contributed by atoms with Crippen molar-refractivity contribution in [2.75, 3.05) is 26.4 Å². The summed E-state index contributed by atoms with van der Waals surface area (Å²) in [5, 5.41) is 53.6. The molecule has 0 rings (SSSR count). The normalized spacial score (nSPS) is 16.5. The maximum atomic E-state index is 11.2. The first-order valence-corrected chi connectivity index (χ1v) is 8.18. The van der Waals surface area contributed by atoms with Crippen molar-refractivity contribution in [1.29, 1.82) is 0 Å². The number of rotatable bonds is 11. The SMILES string of the molecule is O=C(OCC(O)CO)C(O)SSC(O)C(=O)OCC(O)CO. The van der Waals surface area contributed by atoms with Crippen molar-refractivity contribution >= 4 is 33.5 Å². The van der Waals surface area contributed by atoms with Crippen molar-refractivity contribution in [2.24, 2.45) is 0 Å². The van der Waals surface area contributed by atoms with Crippen LogP contribution in [0, 0.1) is 0 Å². The maximum Gasteiger partial charge on any atom is 0.346 e. The van der Waals surface area contributed by atoms with Gasteiger partial charge >= 0.3 is 11.9 Å². The molecule has 0 aromatic heterocycles. The van der Waals surface area contributed by atoms with Crippen LogP contribution in [0.1, 0.15) is 0 Å². The van der Waals surface area contributed by atoms with E-state index in [4.69, 9.17) is 20.4 Å². The largest absolute Gasteiger partial charge is 0.460 e. The number of aliphatic hydroxyl groups is 6. The van der Waals surface area contributed by atoms with Crippen LogP contribution in [0.3, 0.4) is 0 Å². The van der Waals surface area contributed by atoms with E-state index in [1.54, 1.807) is 0 Å². The maximum absolute atomic E-state index is 11.2. The third-order valence-electron chi connectivity index (χ3n) is 1.90. The molecule has 0 aliphatic heterocycles. The molecule has 22 heavy (non-hydrogen) atoms. The summed E-state index contributed by atoms with van der Waals surface area (Å²) in [6.07, 6.45) is -2.54. The van der Waals surface area contributed by atoms with E-state index in [0.29, 0.717) is 21.6 Å². The summed E-state index contributed by atoms with van der Waals surface area (Å²) in [4.78, 5) is 22.5. The van der Waals surface area contributed by atoms with Crippen molar-refractivity contribution in [1.82, 2.24) is 0 Å². The lowest BCUT2D eigenvalue weighted by molar-refractivity contribution is -0.153. The topological polar surface area (TPSA) is 174 Å². The molecule has 4 unspecified atom stereocenters. The Bertz CT molecular complexity index is 310. The molecule has 6 N–H and O–H groups in total. The number of hydrogen-bond acceptors (Lipinski definition) is 12. The number of ether oxygens (including phenoxy) is 2. The fourth-order valence-electron chi connectivity index (χ4n) is 0.788. The summed E-state index contributed by atoms with van der Waals surface area (Å²) in [6.45, 7) is -2.26. The van der Waals surface area contributed by atoms with Crippen LogP contribution >= 0.6 is 21.6 Å². The minimum absolute atomic E-state index is 0.411. The van der Waals surface area contributed by atoms with Gasteiger partial charge in [-0.25, -0.2) is 9.59 Å². The quantitative estimate of drug-likeness (QED) is 0.124. The Labute approximate surface area is 133 Å². The van der Waals surface area contributed by atoms with Gasteiger partial charge in [0.1, 0.15) is 25.4 Å². The fourth-order valence-corrected chi connectivity index (χ4v) is 2.40. The molecule has 130 valence electrons. The van der Waals surface area contributed by atoms with Gasteiger partial charge in [0.2, 0.25) is 10.9 Å². The lowest BCUT2D eigenvalue weighted by Crippen LogP contribution is -2.28. The average Bonchev–Trinajstić information content (AvgIpc) is 2.53. The molecule has 10 nitrogen and oxygen atoms in total. The first-order valence-electron chi connectivity index (χ1n) is 5.91. The Kier molecular flexibility index (Phi) is 11.6.